The Kier molecular flexibility index (Phi) is 4.77. The van der Waals surface area contributed by atoms with Gasteiger partial charge in [0.15, 0.2) is 0 Å². The highest BCUT2D eigenvalue weighted by atomic mass is 16.1. The molecule has 0 radical (unpaired) electrons. The van der Waals surface area contributed by atoms with Crippen molar-refractivity contribution in [2.45, 2.75) is 45.6 Å². The summed E-state index contributed by atoms with van der Waals surface area (Å²) in [6.45, 7) is 5.16. The number of pyridine rings is 1. The SMILES string of the molecule is CCCNc1cnccc1C(=O)NC1CCCC1C. The fraction of sp³-hybridized carbons (Fsp3) is 0.600. The molecule has 2 unspecified atom stereocenters. The first kappa shape index (κ1) is 13.8. The zero-order valence-corrected chi connectivity index (χ0v) is 11.8. The lowest BCUT2D eigenvalue weighted by atomic mass is 10.1. The molecule has 1 aliphatic carbocycles. The molecule has 1 aromatic rings. The van der Waals surface area contributed by atoms with Crippen molar-refractivity contribution < 1.29 is 4.79 Å². The van der Waals surface area contributed by atoms with Crippen LogP contribution in [0.5, 0.6) is 0 Å². The van der Waals surface area contributed by atoms with Crippen LogP contribution in [0.25, 0.3) is 0 Å². The second kappa shape index (κ2) is 6.55. The summed E-state index contributed by atoms with van der Waals surface area (Å²) in [7, 11) is 0. The van der Waals surface area contributed by atoms with Crippen LogP contribution in [-0.2, 0) is 0 Å². The lowest BCUT2D eigenvalue weighted by Gasteiger charge is -2.18. The number of anilines is 1. The highest BCUT2D eigenvalue weighted by Gasteiger charge is 2.25. The van der Waals surface area contributed by atoms with Crippen LogP contribution in [-0.4, -0.2) is 23.5 Å². The molecule has 0 spiro atoms. The van der Waals surface area contributed by atoms with Gasteiger partial charge < -0.3 is 10.6 Å². The molecule has 0 aliphatic heterocycles. The summed E-state index contributed by atoms with van der Waals surface area (Å²) in [6, 6.07) is 2.10. The van der Waals surface area contributed by atoms with Crippen molar-refractivity contribution in [3.05, 3.63) is 24.0 Å². The Bertz CT molecular complexity index is 433. The standard InChI is InChI=1S/C15H23N3O/c1-3-8-17-14-10-16-9-7-12(14)15(19)18-13-6-4-5-11(13)2/h7,9-11,13,17H,3-6,8H2,1-2H3,(H,18,19). The van der Waals surface area contributed by atoms with Crippen molar-refractivity contribution in [3.63, 3.8) is 0 Å². The van der Waals surface area contributed by atoms with E-state index in [1.54, 1.807) is 18.5 Å². The van der Waals surface area contributed by atoms with Gasteiger partial charge >= 0.3 is 0 Å². The first-order chi connectivity index (χ1) is 9.22. The molecule has 19 heavy (non-hydrogen) atoms. The molecule has 2 atom stereocenters. The van der Waals surface area contributed by atoms with Crippen molar-refractivity contribution in [2.75, 3.05) is 11.9 Å². The van der Waals surface area contributed by atoms with Gasteiger partial charge in [-0.25, -0.2) is 0 Å². The highest BCUT2D eigenvalue weighted by Crippen LogP contribution is 2.25. The molecule has 1 aliphatic rings. The predicted octanol–water partition coefficient (Wildman–Crippen LogP) is 2.82. The minimum absolute atomic E-state index is 0.0137. The molecule has 4 nitrogen and oxygen atoms in total. The van der Waals surface area contributed by atoms with Crippen molar-refractivity contribution in [3.8, 4) is 0 Å². The normalized spacial score (nSPS) is 22.2. The lowest BCUT2D eigenvalue weighted by molar-refractivity contribution is 0.0930. The molecule has 1 fully saturated rings. The average Bonchev–Trinajstić information content (AvgIpc) is 2.82. The zero-order valence-electron chi connectivity index (χ0n) is 11.8. The van der Waals surface area contributed by atoms with Gasteiger partial charge in [0.05, 0.1) is 17.4 Å². The molecule has 0 saturated heterocycles. The Morgan fingerprint density at radius 2 is 2.32 bits per heavy atom. The topological polar surface area (TPSA) is 54.0 Å². The van der Waals surface area contributed by atoms with E-state index in [0.717, 1.165) is 25.1 Å². The number of aromatic nitrogens is 1. The summed E-state index contributed by atoms with van der Waals surface area (Å²) in [5, 5.41) is 6.41. The van der Waals surface area contributed by atoms with Gasteiger partial charge in [-0.2, -0.15) is 0 Å². The van der Waals surface area contributed by atoms with Gasteiger partial charge in [-0.05, 0) is 31.2 Å². The van der Waals surface area contributed by atoms with E-state index in [1.165, 1.54) is 12.8 Å². The molecular weight excluding hydrogens is 238 g/mol. The fourth-order valence-corrected chi connectivity index (χ4v) is 2.60. The van der Waals surface area contributed by atoms with E-state index in [9.17, 15) is 4.79 Å². The smallest absolute Gasteiger partial charge is 0.253 e. The van der Waals surface area contributed by atoms with Gasteiger partial charge in [0, 0.05) is 18.8 Å². The second-order valence-electron chi connectivity index (χ2n) is 5.34. The molecule has 104 valence electrons. The average molecular weight is 261 g/mol. The number of rotatable bonds is 5. The Morgan fingerprint density at radius 3 is 3.00 bits per heavy atom. The summed E-state index contributed by atoms with van der Waals surface area (Å²) in [6.07, 6.45) is 7.93. The van der Waals surface area contributed by atoms with E-state index in [4.69, 9.17) is 0 Å². The molecule has 2 N–H and O–H groups in total. The minimum Gasteiger partial charge on any atom is -0.383 e. The highest BCUT2D eigenvalue weighted by molar-refractivity contribution is 5.99. The number of hydrogen-bond acceptors (Lipinski definition) is 3. The molecule has 1 heterocycles. The quantitative estimate of drug-likeness (QED) is 0.857. The number of nitrogens with zero attached hydrogens (tertiary/aromatic N) is 1. The fourth-order valence-electron chi connectivity index (χ4n) is 2.60. The van der Waals surface area contributed by atoms with Gasteiger partial charge in [-0.1, -0.05) is 20.3 Å². The third-order valence-electron chi connectivity index (χ3n) is 3.81. The number of carbonyl (C=O) groups excluding carboxylic acids is 1. The largest absolute Gasteiger partial charge is 0.383 e. The maximum absolute atomic E-state index is 12.4. The molecule has 1 amide bonds. The van der Waals surface area contributed by atoms with Gasteiger partial charge in [0.2, 0.25) is 0 Å². The van der Waals surface area contributed by atoms with Crippen LogP contribution in [0.15, 0.2) is 18.5 Å². The monoisotopic (exact) mass is 261 g/mol. The summed E-state index contributed by atoms with van der Waals surface area (Å²) in [4.78, 5) is 16.4. The van der Waals surface area contributed by atoms with Gasteiger partial charge in [-0.3, -0.25) is 9.78 Å². The molecule has 4 heteroatoms. The molecule has 0 bridgehead atoms. The Balaban J connectivity index is 2.05. The third kappa shape index (κ3) is 3.46. The predicted molar refractivity (Wildman–Crippen MR) is 77.3 cm³/mol. The summed E-state index contributed by atoms with van der Waals surface area (Å²) in [5.41, 5.74) is 1.52. The number of amides is 1. The van der Waals surface area contributed by atoms with Crippen LogP contribution < -0.4 is 10.6 Å². The van der Waals surface area contributed by atoms with E-state index in [-0.39, 0.29) is 5.91 Å². The van der Waals surface area contributed by atoms with E-state index in [0.29, 0.717) is 17.5 Å². The van der Waals surface area contributed by atoms with Gasteiger partial charge in [0.1, 0.15) is 0 Å². The van der Waals surface area contributed by atoms with Crippen molar-refractivity contribution in [1.29, 1.82) is 0 Å². The van der Waals surface area contributed by atoms with Crippen LogP contribution in [0.2, 0.25) is 0 Å². The van der Waals surface area contributed by atoms with E-state index in [1.807, 2.05) is 0 Å². The molecule has 2 rings (SSSR count). The van der Waals surface area contributed by atoms with Crippen LogP contribution >= 0.6 is 0 Å². The van der Waals surface area contributed by atoms with Crippen LogP contribution in [0.3, 0.4) is 0 Å². The summed E-state index contributed by atoms with van der Waals surface area (Å²) in [5.74, 6) is 0.595. The molecular formula is C15H23N3O. The number of hydrogen-bond donors (Lipinski definition) is 2. The zero-order chi connectivity index (χ0) is 13.7. The summed E-state index contributed by atoms with van der Waals surface area (Å²) >= 11 is 0. The van der Waals surface area contributed by atoms with E-state index in [2.05, 4.69) is 29.5 Å². The van der Waals surface area contributed by atoms with Crippen LogP contribution in [0.4, 0.5) is 5.69 Å². The van der Waals surface area contributed by atoms with Crippen molar-refractivity contribution in [1.82, 2.24) is 10.3 Å². The Morgan fingerprint density at radius 1 is 1.47 bits per heavy atom. The minimum atomic E-state index is 0.0137. The molecule has 1 aromatic heterocycles. The van der Waals surface area contributed by atoms with E-state index < -0.39 is 0 Å². The number of carbonyl (C=O) groups is 1. The van der Waals surface area contributed by atoms with Crippen LogP contribution in [0.1, 0.15) is 49.9 Å². The molecule has 0 aromatic carbocycles. The van der Waals surface area contributed by atoms with Gasteiger partial charge in [0.25, 0.3) is 5.91 Å². The first-order valence-corrected chi connectivity index (χ1v) is 7.21. The molecule has 1 saturated carbocycles. The van der Waals surface area contributed by atoms with E-state index >= 15 is 0 Å². The van der Waals surface area contributed by atoms with Crippen molar-refractivity contribution >= 4 is 11.6 Å². The maximum atomic E-state index is 12.4. The third-order valence-corrected chi connectivity index (χ3v) is 3.81. The first-order valence-electron chi connectivity index (χ1n) is 7.21. The second-order valence-corrected chi connectivity index (χ2v) is 5.34. The summed E-state index contributed by atoms with van der Waals surface area (Å²) < 4.78 is 0. The lowest BCUT2D eigenvalue weighted by Crippen LogP contribution is -2.36. The van der Waals surface area contributed by atoms with Gasteiger partial charge in [-0.15, -0.1) is 0 Å². The van der Waals surface area contributed by atoms with Crippen molar-refractivity contribution in [2.24, 2.45) is 5.92 Å². The maximum Gasteiger partial charge on any atom is 0.253 e. The Hall–Kier alpha value is -1.58. The van der Waals surface area contributed by atoms with Crippen LogP contribution in [0, 0.1) is 5.92 Å². The Labute approximate surface area is 115 Å². The number of nitrogens with one attached hydrogen (secondary N) is 2.